The van der Waals surface area contributed by atoms with E-state index in [1.54, 1.807) is 12.4 Å². The Bertz CT molecular complexity index is 924. The van der Waals surface area contributed by atoms with Crippen LogP contribution in [0.25, 0.3) is 0 Å². The largest absolute Gasteiger partial charge is 0.344 e. The molecule has 0 spiro atoms. The van der Waals surface area contributed by atoms with Crippen molar-refractivity contribution in [2.24, 2.45) is 0 Å². The van der Waals surface area contributed by atoms with E-state index in [0.29, 0.717) is 0 Å². The van der Waals surface area contributed by atoms with E-state index in [9.17, 15) is 4.79 Å². The Hall–Kier alpha value is -3.46. The molecule has 1 heterocycles. The average Bonchev–Trinajstić information content (AvgIpc) is 2.72. The zero-order chi connectivity index (χ0) is 17.8. The lowest BCUT2D eigenvalue weighted by atomic mass is 9.66. The smallest absolute Gasteiger partial charge is 0.312 e. The van der Waals surface area contributed by atoms with Gasteiger partial charge in [0, 0.05) is 18.0 Å². The standard InChI is InChI=1S/C23H18N2O/c26-22-24-16-21(17-25-22)23(18-10-4-1-5-11-18,19-12-6-2-7-13-19)20-14-8-3-9-15-20/h1-17H,(H,24,25,26). The minimum absolute atomic E-state index is 0.350. The van der Waals surface area contributed by atoms with Crippen molar-refractivity contribution >= 4 is 0 Å². The van der Waals surface area contributed by atoms with E-state index in [4.69, 9.17) is 0 Å². The third kappa shape index (κ3) is 2.64. The quantitative estimate of drug-likeness (QED) is 0.568. The summed E-state index contributed by atoms with van der Waals surface area (Å²) in [5, 5.41) is 0. The van der Waals surface area contributed by atoms with Gasteiger partial charge in [-0.3, -0.25) is 0 Å². The molecule has 0 saturated heterocycles. The van der Waals surface area contributed by atoms with Crippen molar-refractivity contribution in [3.05, 3.63) is 136 Å². The van der Waals surface area contributed by atoms with E-state index < -0.39 is 5.41 Å². The van der Waals surface area contributed by atoms with Gasteiger partial charge >= 0.3 is 5.69 Å². The molecule has 126 valence electrons. The lowest BCUT2D eigenvalue weighted by molar-refractivity contribution is 0.730. The maximum Gasteiger partial charge on any atom is 0.344 e. The average molecular weight is 338 g/mol. The van der Waals surface area contributed by atoms with Crippen molar-refractivity contribution in [3.8, 4) is 0 Å². The number of nitrogens with zero attached hydrogens (tertiary/aromatic N) is 1. The molecule has 3 heteroatoms. The molecule has 4 aromatic rings. The molecule has 0 unspecified atom stereocenters. The van der Waals surface area contributed by atoms with Gasteiger partial charge in [0.2, 0.25) is 0 Å². The van der Waals surface area contributed by atoms with Crippen LogP contribution in [0.1, 0.15) is 22.3 Å². The highest BCUT2D eigenvalue weighted by atomic mass is 16.1. The summed E-state index contributed by atoms with van der Waals surface area (Å²) < 4.78 is 0. The topological polar surface area (TPSA) is 45.8 Å². The zero-order valence-corrected chi connectivity index (χ0v) is 14.2. The molecule has 0 aliphatic heterocycles. The lowest BCUT2D eigenvalue weighted by Crippen LogP contribution is -2.32. The molecule has 0 radical (unpaired) electrons. The van der Waals surface area contributed by atoms with Gasteiger partial charge in [-0.2, -0.15) is 0 Å². The second-order valence-corrected chi connectivity index (χ2v) is 6.16. The van der Waals surface area contributed by atoms with Gasteiger partial charge in [-0.1, -0.05) is 91.0 Å². The number of nitrogens with one attached hydrogen (secondary N) is 1. The fraction of sp³-hybridized carbons (Fsp3) is 0.0435. The van der Waals surface area contributed by atoms with Gasteiger partial charge in [0.1, 0.15) is 0 Å². The van der Waals surface area contributed by atoms with Crippen LogP contribution in [0.2, 0.25) is 0 Å². The minimum atomic E-state index is -0.568. The lowest BCUT2D eigenvalue weighted by Gasteiger charge is -2.36. The molecule has 1 N–H and O–H groups in total. The van der Waals surface area contributed by atoms with Crippen molar-refractivity contribution in [3.63, 3.8) is 0 Å². The highest BCUT2D eigenvalue weighted by molar-refractivity contribution is 5.58. The van der Waals surface area contributed by atoms with E-state index >= 15 is 0 Å². The summed E-state index contributed by atoms with van der Waals surface area (Å²) in [6.45, 7) is 0. The summed E-state index contributed by atoms with van der Waals surface area (Å²) in [5.41, 5.74) is 3.35. The van der Waals surface area contributed by atoms with Gasteiger partial charge in [0.05, 0.1) is 5.41 Å². The first-order chi connectivity index (χ1) is 12.8. The number of rotatable bonds is 4. The summed E-state index contributed by atoms with van der Waals surface area (Å²) >= 11 is 0. The summed E-state index contributed by atoms with van der Waals surface area (Å²) in [6.07, 6.45) is 3.44. The molecule has 0 fully saturated rings. The third-order valence-corrected chi connectivity index (χ3v) is 4.73. The van der Waals surface area contributed by atoms with Crippen molar-refractivity contribution < 1.29 is 0 Å². The Balaban J connectivity index is 2.14. The van der Waals surface area contributed by atoms with E-state index in [1.807, 2.05) is 54.6 Å². The molecular formula is C23H18N2O. The van der Waals surface area contributed by atoms with Crippen molar-refractivity contribution in [1.82, 2.24) is 9.97 Å². The van der Waals surface area contributed by atoms with Crippen LogP contribution in [-0.4, -0.2) is 9.97 Å². The van der Waals surface area contributed by atoms with Gasteiger partial charge in [-0.05, 0) is 16.7 Å². The van der Waals surface area contributed by atoms with Crippen molar-refractivity contribution in [2.45, 2.75) is 5.41 Å². The number of benzene rings is 3. The predicted octanol–water partition coefficient (Wildman–Crippen LogP) is 4.15. The third-order valence-electron chi connectivity index (χ3n) is 4.73. The number of aromatic amines is 1. The van der Waals surface area contributed by atoms with E-state index in [-0.39, 0.29) is 5.69 Å². The molecular weight excluding hydrogens is 320 g/mol. The van der Waals surface area contributed by atoms with Gasteiger partial charge in [-0.15, -0.1) is 0 Å². The van der Waals surface area contributed by atoms with Crippen LogP contribution >= 0.6 is 0 Å². The first-order valence-electron chi connectivity index (χ1n) is 8.53. The fourth-order valence-electron chi connectivity index (χ4n) is 3.61. The van der Waals surface area contributed by atoms with Crippen LogP contribution in [0, 0.1) is 0 Å². The van der Waals surface area contributed by atoms with Crippen LogP contribution in [0.5, 0.6) is 0 Å². The predicted molar refractivity (Wildman–Crippen MR) is 103 cm³/mol. The number of aromatic nitrogens is 2. The normalized spacial score (nSPS) is 11.2. The molecule has 26 heavy (non-hydrogen) atoms. The molecule has 0 atom stereocenters. The van der Waals surface area contributed by atoms with Crippen LogP contribution in [-0.2, 0) is 5.41 Å². The molecule has 3 nitrogen and oxygen atoms in total. The second kappa shape index (κ2) is 6.81. The van der Waals surface area contributed by atoms with Crippen LogP contribution in [0.3, 0.4) is 0 Å². The maximum atomic E-state index is 11.6. The summed E-state index contributed by atoms with van der Waals surface area (Å²) in [6, 6.07) is 30.9. The number of H-pyrrole nitrogens is 1. The summed E-state index contributed by atoms with van der Waals surface area (Å²) in [4.78, 5) is 18.3. The minimum Gasteiger partial charge on any atom is -0.312 e. The molecule has 0 aliphatic rings. The van der Waals surface area contributed by atoms with E-state index in [2.05, 4.69) is 46.4 Å². The number of hydrogen-bond donors (Lipinski definition) is 1. The van der Waals surface area contributed by atoms with Crippen LogP contribution in [0.15, 0.2) is 108 Å². The molecule has 0 amide bonds. The molecule has 0 aliphatic carbocycles. The molecule has 3 aromatic carbocycles. The monoisotopic (exact) mass is 338 g/mol. The fourth-order valence-corrected chi connectivity index (χ4v) is 3.61. The highest BCUT2D eigenvalue weighted by Crippen LogP contribution is 2.44. The highest BCUT2D eigenvalue weighted by Gasteiger charge is 2.38. The van der Waals surface area contributed by atoms with Gasteiger partial charge in [0.15, 0.2) is 0 Å². The summed E-state index contributed by atoms with van der Waals surface area (Å²) in [5.74, 6) is 0. The molecule has 4 rings (SSSR count). The number of hydrogen-bond acceptors (Lipinski definition) is 2. The SMILES string of the molecule is O=c1ncc(C(c2ccccc2)(c2ccccc2)c2ccccc2)c[nH]1. The first-order valence-corrected chi connectivity index (χ1v) is 8.53. The first kappa shape index (κ1) is 16.0. The van der Waals surface area contributed by atoms with Crippen LogP contribution < -0.4 is 5.69 Å². The molecule has 0 bridgehead atoms. The maximum absolute atomic E-state index is 11.6. The Morgan fingerprint density at radius 3 is 1.38 bits per heavy atom. The Kier molecular flexibility index (Phi) is 4.20. The van der Waals surface area contributed by atoms with Crippen LogP contribution in [0.4, 0.5) is 0 Å². The van der Waals surface area contributed by atoms with Crippen molar-refractivity contribution in [2.75, 3.05) is 0 Å². The van der Waals surface area contributed by atoms with Gasteiger partial charge in [0.25, 0.3) is 0 Å². The Labute approximate surface area is 152 Å². The van der Waals surface area contributed by atoms with E-state index in [1.165, 1.54) is 0 Å². The van der Waals surface area contributed by atoms with Gasteiger partial charge in [-0.25, -0.2) is 9.78 Å². The molecule has 0 saturated carbocycles. The van der Waals surface area contributed by atoms with E-state index in [0.717, 1.165) is 22.3 Å². The van der Waals surface area contributed by atoms with Gasteiger partial charge < -0.3 is 4.98 Å². The molecule has 1 aromatic heterocycles. The Morgan fingerprint density at radius 1 is 0.615 bits per heavy atom. The van der Waals surface area contributed by atoms with Crippen molar-refractivity contribution in [1.29, 1.82) is 0 Å². The summed E-state index contributed by atoms with van der Waals surface area (Å²) in [7, 11) is 0. The second-order valence-electron chi connectivity index (χ2n) is 6.16. The Morgan fingerprint density at radius 2 is 1.04 bits per heavy atom. The zero-order valence-electron chi connectivity index (χ0n) is 14.2.